The number of carbonyl (C=O) groups excluding carboxylic acids is 3. The molecule has 2 amide bonds. The molecular formula is C30H39ClN2O5S. The van der Waals surface area contributed by atoms with Gasteiger partial charge in [-0.05, 0) is 51.2 Å². The SMILES string of the molecule is C=CCCOC(=O)[C@H]1[C@H]2C(=O)N(CCCCCCO)C(C(=O)N(CC=C)c3ccccc3Cl)C23CC[C@]1(C)S3. The fraction of sp³-hybridized carbons (Fsp3) is 0.567. The number of aliphatic hydroxyl groups excluding tert-OH is 1. The minimum atomic E-state index is -0.734. The van der Waals surface area contributed by atoms with Crippen LogP contribution in [-0.4, -0.2) is 69.6 Å². The van der Waals surface area contributed by atoms with Crippen LogP contribution in [0.4, 0.5) is 5.69 Å². The van der Waals surface area contributed by atoms with Crippen LogP contribution >= 0.6 is 23.4 Å². The van der Waals surface area contributed by atoms with E-state index in [1.807, 2.05) is 19.1 Å². The first-order chi connectivity index (χ1) is 18.8. The fourth-order valence-corrected chi connectivity index (χ4v) is 9.21. The summed E-state index contributed by atoms with van der Waals surface area (Å²) >= 11 is 8.17. The molecule has 3 heterocycles. The first-order valence-electron chi connectivity index (χ1n) is 13.8. The highest BCUT2D eigenvalue weighted by Gasteiger charge is 2.77. The van der Waals surface area contributed by atoms with Crippen molar-refractivity contribution in [3.8, 4) is 0 Å². The Morgan fingerprint density at radius 1 is 1.21 bits per heavy atom. The number of benzene rings is 1. The highest BCUT2D eigenvalue weighted by atomic mass is 35.5. The summed E-state index contributed by atoms with van der Waals surface area (Å²) < 4.78 is 4.41. The van der Waals surface area contributed by atoms with Crippen molar-refractivity contribution in [3.05, 3.63) is 54.6 Å². The summed E-state index contributed by atoms with van der Waals surface area (Å²) in [5.74, 6) is -1.95. The monoisotopic (exact) mass is 574 g/mol. The van der Waals surface area contributed by atoms with Gasteiger partial charge in [-0.3, -0.25) is 14.4 Å². The number of unbranched alkanes of at least 4 members (excludes halogenated alkanes) is 3. The third kappa shape index (κ3) is 5.40. The van der Waals surface area contributed by atoms with Crippen LogP contribution in [0.1, 0.15) is 51.9 Å². The van der Waals surface area contributed by atoms with E-state index in [1.165, 1.54) is 0 Å². The van der Waals surface area contributed by atoms with Gasteiger partial charge >= 0.3 is 5.97 Å². The number of rotatable bonds is 14. The van der Waals surface area contributed by atoms with Crippen LogP contribution in [0.3, 0.4) is 0 Å². The molecule has 212 valence electrons. The molecule has 1 N–H and O–H groups in total. The van der Waals surface area contributed by atoms with E-state index < -0.39 is 27.4 Å². The molecule has 2 bridgehead atoms. The molecule has 0 aromatic heterocycles. The maximum atomic E-state index is 14.5. The van der Waals surface area contributed by atoms with Crippen LogP contribution < -0.4 is 4.90 Å². The van der Waals surface area contributed by atoms with E-state index in [2.05, 4.69) is 13.2 Å². The summed E-state index contributed by atoms with van der Waals surface area (Å²) in [6.07, 6.45) is 8.39. The van der Waals surface area contributed by atoms with E-state index in [9.17, 15) is 14.4 Å². The van der Waals surface area contributed by atoms with Gasteiger partial charge in [0.15, 0.2) is 0 Å². The largest absolute Gasteiger partial charge is 0.465 e. The molecule has 5 atom stereocenters. The molecule has 1 spiro atoms. The molecular weight excluding hydrogens is 536 g/mol. The number of para-hydroxylation sites is 1. The molecule has 1 aromatic carbocycles. The summed E-state index contributed by atoms with van der Waals surface area (Å²) in [5.41, 5.74) is 0.573. The summed E-state index contributed by atoms with van der Waals surface area (Å²) in [7, 11) is 0. The number of esters is 1. The van der Waals surface area contributed by atoms with Crippen LogP contribution in [0.25, 0.3) is 0 Å². The Morgan fingerprint density at radius 3 is 2.64 bits per heavy atom. The van der Waals surface area contributed by atoms with Gasteiger partial charge in [0.1, 0.15) is 6.04 Å². The van der Waals surface area contributed by atoms with E-state index in [1.54, 1.807) is 45.8 Å². The number of nitrogens with zero attached hydrogens (tertiary/aromatic N) is 2. The number of halogens is 1. The van der Waals surface area contributed by atoms with Gasteiger partial charge in [-0.2, -0.15) is 0 Å². The predicted molar refractivity (Wildman–Crippen MR) is 156 cm³/mol. The van der Waals surface area contributed by atoms with Crippen LogP contribution in [0, 0.1) is 11.8 Å². The molecule has 4 rings (SSSR count). The van der Waals surface area contributed by atoms with E-state index >= 15 is 0 Å². The van der Waals surface area contributed by atoms with Gasteiger partial charge in [0.25, 0.3) is 5.91 Å². The van der Waals surface area contributed by atoms with Gasteiger partial charge in [-0.1, -0.05) is 48.7 Å². The standard InChI is InChI=1S/C30H39ClN2O5S/c1-4-6-20-38-28(37)24-23-26(35)33(18-11-7-8-12-19-34)25(30(23)16-15-29(24,3)39-30)27(36)32(17-5-2)22-14-10-9-13-21(22)31/h4-5,9-10,13-14,23-25,34H,1-2,6-8,11-12,15-20H2,3H3/t23-,24+,25?,29-,30?/m0/s1. The highest BCUT2D eigenvalue weighted by Crippen LogP contribution is 2.71. The Morgan fingerprint density at radius 2 is 1.95 bits per heavy atom. The van der Waals surface area contributed by atoms with Crippen molar-refractivity contribution in [1.29, 1.82) is 0 Å². The Bertz CT molecular complexity index is 1110. The van der Waals surface area contributed by atoms with Crippen molar-refractivity contribution in [2.24, 2.45) is 11.8 Å². The second-order valence-electron chi connectivity index (χ2n) is 10.8. The molecule has 2 unspecified atom stereocenters. The second-order valence-corrected chi connectivity index (χ2v) is 13.1. The quantitative estimate of drug-likeness (QED) is 0.191. The van der Waals surface area contributed by atoms with Crippen molar-refractivity contribution in [2.45, 2.75) is 67.4 Å². The summed E-state index contributed by atoms with van der Waals surface area (Å²) in [5, 5.41) is 9.60. The van der Waals surface area contributed by atoms with Gasteiger partial charge < -0.3 is 19.6 Å². The number of aliphatic hydroxyl groups is 1. The van der Waals surface area contributed by atoms with Crippen LogP contribution in [0.2, 0.25) is 5.02 Å². The number of amides is 2. The fourth-order valence-electron chi connectivity index (χ4n) is 6.64. The van der Waals surface area contributed by atoms with Crippen molar-refractivity contribution in [1.82, 2.24) is 4.90 Å². The zero-order chi connectivity index (χ0) is 28.2. The second kappa shape index (κ2) is 12.5. The van der Waals surface area contributed by atoms with Crippen LogP contribution in [-0.2, 0) is 19.1 Å². The van der Waals surface area contributed by atoms with Crippen molar-refractivity contribution >= 4 is 46.8 Å². The number of anilines is 1. The molecule has 0 saturated carbocycles. The van der Waals surface area contributed by atoms with Gasteiger partial charge in [0.2, 0.25) is 5.91 Å². The predicted octanol–water partition coefficient (Wildman–Crippen LogP) is 5.01. The number of ether oxygens (including phenoxy) is 1. The normalized spacial score (nSPS) is 28.8. The molecule has 3 saturated heterocycles. The maximum Gasteiger partial charge on any atom is 0.311 e. The van der Waals surface area contributed by atoms with Gasteiger partial charge in [-0.25, -0.2) is 0 Å². The zero-order valence-electron chi connectivity index (χ0n) is 22.6. The Kier molecular flexibility index (Phi) is 9.50. The summed E-state index contributed by atoms with van der Waals surface area (Å²) in [6.45, 7) is 10.6. The lowest BCUT2D eigenvalue weighted by molar-refractivity contribution is -0.155. The average Bonchev–Trinajstić information content (AvgIpc) is 3.48. The van der Waals surface area contributed by atoms with E-state index in [0.717, 1.165) is 19.3 Å². The van der Waals surface area contributed by atoms with Crippen molar-refractivity contribution < 1.29 is 24.2 Å². The van der Waals surface area contributed by atoms with E-state index in [0.29, 0.717) is 42.9 Å². The van der Waals surface area contributed by atoms with Gasteiger partial charge in [0, 0.05) is 24.4 Å². The number of fused-ring (bicyclic) bond motifs is 1. The minimum absolute atomic E-state index is 0.133. The molecule has 3 aliphatic heterocycles. The minimum Gasteiger partial charge on any atom is -0.465 e. The van der Waals surface area contributed by atoms with E-state index in [4.69, 9.17) is 21.4 Å². The number of carbonyl (C=O) groups is 3. The lowest BCUT2D eigenvalue weighted by atomic mass is 9.66. The summed E-state index contributed by atoms with van der Waals surface area (Å²) in [4.78, 5) is 45.5. The highest BCUT2D eigenvalue weighted by molar-refractivity contribution is 8.02. The summed E-state index contributed by atoms with van der Waals surface area (Å²) in [6, 6.07) is 6.45. The first-order valence-corrected chi connectivity index (χ1v) is 15.0. The average molecular weight is 575 g/mol. The molecule has 0 aliphatic carbocycles. The van der Waals surface area contributed by atoms with Gasteiger partial charge in [0.05, 0.1) is 33.9 Å². The Labute approximate surface area is 240 Å². The van der Waals surface area contributed by atoms with Crippen molar-refractivity contribution in [3.63, 3.8) is 0 Å². The van der Waals surface area contributed by atoms with Gasteiger partial charge in [-0.15, -0.1) is 24.9 Å². The van der Waals surface area contributed by atoms with Crippen LogP contribution in [0.15, 0.2) is 49.6 Å². The number of hydrogen-bond donors (Lipinski definition) is 1. The third-order valence-electron chi connectivity index (χ3n) is 8.36. The molecule has 7 nitrogen and oxygen atoms in total. The number of hydrogen-bond acceptors (Lipinski definition) is 6. The molecule has 1 aromatic rings. The smallest absolute Gasteiger partial charge is 0.311 e. The molecule has 0 radical (unpaired) electrons. The maximum absolute atomic E-state index is 14.5. The molecule has 3 fully saturated rings. The number of likely N-dealkylation sites (tertiary alicyclic amines) is 1. The molecule has 9 heteroatoms. The Hall–Kier alpha value is -2.29. The Balaban J connectivity index is 1.72. The van der Waals surface area contributed by atoms with Crippen LogP contribution in [0.5, 0.6) is 0 Å². The lowest BCUT2D eigenvalue weighted by Gasteiger charge is -2.37. The van der Waals surface area contributed by atoms with Crippen molar-refractivity contribution in [2.75, 3.05) is 31.2 Å². The molecule has 39 heavy (non-hydrogen) atoms. The van der Waals surface area contributed by atoms with E-state index in [-0.39, 0.29) is 37.5 Å². The lowest BCUT2D eigenvalue weighted by Crippen LogP contribution is -2.55. The third-order valence-corrected chi connectivity index (χ3v) is 10.7. The number of thioether (sulfide) groups is 1. The first kappa shape index (κ1) is 29.7. The zero-order valence-corrected chi connectivity index (χ0v) is 24.2. The topological polar surface area (TPSA) is 87.1 Å². The molecule has 3 aliphatic rings.